The molecule has 0 fully saturated rings. The van der Waals surface area contributed by atoms with Gasteiger partial charge in [-0.15, -0.1) is 0 Å². The van der Waals surface area contributed by atoms with E-state index >= 15 is 0 Å². The molecule has 2 atom stereocenters. The number of hydrogen-bond acceptors (Lipinski definition) is 3. The largest absolute Gasteiger partial charge is 0.497 e. The van der Waals surface area contributed by atoms with E-state index in [0.29, 0.717) is 0 Å². The van der Waals surface area contributed by atoms with E-state index in [-0.39, 0.29) is 12.1 Å². The molecule has 2 N–H and O–H groups in total. The van der Waals surface area contributed by atoms with Crippen molar-refractivity contribution in [3.63, 3.8) is 0 Å². The van der Waals surface area contributed by atoms with Gasteiger partial charge in [0.25, 0.3) is 0 Å². The topological polar surface area (TPSA) is 44.5 Å². The summed E-state index contributed by atoms with van der Waals surface area (Å²) < 4.78 is 12.4. The number of rotatable bonds is 2. The molecule has 1 heterocycles. The quantitative estimate of drug-likeness (QED) is 0.903. The Labute approximate surface area is 126 Å². The van der Waals surface area contributed by atoms with E-state index in [1.807, 2.05) is 36.4 Å². The summed E-state index contributed by atoms with van der Waals surface area (Å²) in [6.45, 7) is 0. The molecule has 0 aromatic heterocycles. The number of methoxy groups -OCH3 is 1. The summed E-state index contributed by atoms with van der Waals surface area (Å²) in [5, 5.41) is 0. The molecule has 0 amide bonds. The van der Waals surface area contributed by atoms with Crippen LogP contribution in [-0.2, 0) is 0 Å². The summed E-state index contributed by atoms with van der Waals surface area (Å²) in [5.74, 6) is 1.65. The van der Waals surface area contributed by atoms with Crippen molar-refractivity contribution in [1.29, 1.82) is 0 Å². The Balaban J connectivity index is 1.95. The van der Waals surface area contributed by atoms with Crippen LogP contribution in [0.2, 0.25) is 0 Å². The molecule has 3 nitrogen and oxygen atoms in total. The Morgan fingerprint density at radius 3 is 2.75 bits per heavy atom. The molecule has 2 aromatic rings. The van der Waals surface area contributed by atoms with Gasteiger partial charge in [0.1, 0.15) is 17.6 Å². The lowest BCUT2D eigenvalue weighted by Gasteiger charge is -2.31. The van der Waals surface area contributed by atoms with Gasteiger partial charge in [-0.2, -0.15) is 0 Å². The van der Waals surface area contributed by atoms with Crippen molar-refractivity contribution in [2.24, 2.45) is 5.73 Å². The van der Waals surface area contributed by atoms with Gasteiger partial charge < -0.3 is 15.2 Å². The Morgan fingerprint density at radius 1 is 1.20 bits per heavy atom. The number of halogens is 1. The Hall–Kier alpha value is -1.52. The molecule has 104 valence electrons. The van der Waals surface area contributed by atoms with Crippen LogP contribution in [0.5, 0.6) is 11.5 Å². The maximum Gasteiger partial charge on any atom is 0.127 e. The van der Waals surface area contributed by atoms with Crippen molar-refractivity contribution in [3.05, 3.63) is 58.1 Å². The highest BCUT2D eigenvalue weighted by Crippen LogP contribution is 2.42. The second-order valence-corrected chi connectivity index (χ2v) is 5.73. The van der Waals surface area contributed by atoms with Crippen LogP contribution in [0.25, 0.3) is 0 Å². The molecule has 2 aromatic carbocycles. The van der Waals surface area contributed by atoms with Crippen molar-refractivity contribution in [2.75, 3.05) is 7.11 Å². The Morgan fingerprint density at radius 2 is 2.00 bits per heavy atom. The van der Waals surface area contributed by atoms with Crippen molar-refractivity contribution in [1.82, 2.24) is 0 Å². The number of nitrogens with two attached hydrogens (primary N) is 1. The molecule has 3 rings (SSSR count). The highest BCUT2D eigenvalue weighted by Gasteiger charge is 2.28. The van der Waals surface area contributed by atoms with Crippen LogP contribution in [0.3, 0.4) is 0 Å². The van der Waals surface area contributed by atoms with E-state index in [1.165, 1.54) is 0 Å². The van der Waals surface area contributed by atoms with Crippen LogP contribution in [0.1, 0.15) is 29.7 Å². The van der Waals surface area contributed by atoms with Crippen LogP contribution >= 0.6 is 15.9 Å². The fourth-order valence-corrected chi connectivity index (χ4v) is 3.08. The van der Waals surface area contributed by atoms with Gasteiger partial charge in [-0.25, -0.2) is 0 Å². The first kappa shape index (κ1) is 13.5. The third-order valence-corrected chi connectivity index (χ3v) is 4.33. The van der Waals surface area contributed by atoms with Gasteiger partial charge in [0, 0.05) is 28.1 Å². The summed E-state index contributed by atoms with van der Waals surface area (Å²) in [5.41, 5.74) is 8.43. The van der Waals surface area contributed by atoms with Gasteiger partial charge in [0.2, 0.25) is 0 Å². The minimum atomic E-state index is -0.0500. The third kappa shape index (κ3) is 2.41. The van der Waals surface area contributed by atoms with Crippen LogP contribution in [0.15, 0.2) is 46.9 Å². The summed E-state index contributed by atoms with van der Waals surface area (Å²) in [6.07, 6.45) is 0.726. The first-order chi connectivity index (χ1) is 9.69. The van der Waals surface area contributed by atoms with Crippen molar-refractivity contribution in [3.8, 4) is 11.5 Å². The average Bonchev–Trinajstić information content (AvgIpc) is 2.47. The molecular weight excluding hydrogens is 318 g/mol. The second kappa shape index (κ2) is 5.46. The lowest BCUT2D eigenvalue weighted by molar-refractivity contribution is 0.160. The summed E-state index contributed by atoms with van der Waals surface area (Å²) >= 11 is 3.57. The predicted octanol–water partition coefficient (Wildman–Crippen LogP) is 3.98. The molecule has 4 heteroatoms. The van der Waals surface area contributed by atoms with E-state index in [4.69, 9.17) is 15.2 Å². The van der Waals surface area contributed by atoms with Crippen LogP contribution in [0.4, 0.5) is 0 Å². The molecular formula is C16H16BrNO2. The SMILES string of the molecule is COc1ccc2c(c1)C(N)CC(c1ccccc1Br)O2. The van der Waals surface area contributed by atoms with E-state index in [2.05, 4.69) is 22.0 Å². The molecule has 0 radical (unpaired) electrons. The molecule has 0 spiro atoms. The van der Waals surface area contributed by atoms with Gasteiger partial charge in [-0.05, 0) is 24.3 Å². The summed E-state index contributed by atoms with van der Waals surface area (Å²) in [7, 11) is 1.65. The smallest absolute Gasteiger partial charge is 0.127 e. The van der Waals surface area contributed by atoms with Gasteiger partial charge >= 0.3 is 0 Å². The van der Waals surface area contributed by atoms with E-state index in [9.17, 15) is 0 Å². The zero-order valence-corrected chi connectivity index (χ0v) is 12.8. The standard InChI is InChI=1S/C16H16BrNO2/c1-19-10-6-7-15-12(8-10)14(18)9-16(20-15)11-4-2-3-5-13(11)17/h2-8,14,16H,9,18H2,1H3. The molecule has 0 bridgehead atoms. The van der Waals surface area contributed by atoms with Crippen molar-refractivity contribution in [2.45, 2.75) is 18.6 Å². The number of fused-ring (bicyclic) bond motifs is 1. The van der Waals surface area contributed by atoms with Crippen LogP contribution in [-0.4, -0.2) is 7.11 Å². The van der Waals surface area contributed by atoms with Gasteiger partial charge in [0.15, 0.2) is 0 Å². The fourth-order valence-electron chi connectivity index (χ4n) is 2.54. The first-order valence-electron chi connectivity index (χ1n) is 6.53. The molecule has 20 heavy (non-hydrogen) atoms. The summed E-state index contributed by atoms with van der Waals surface area (Å²) in [6, 6.07) is 13.8. The Bertz CT molecular complexity index is 630. The minimum Gasteiger partial charge on any atom is -0.497 e. The molecule has 0 aliphatic carbocycles. The first-order valence-corrected chi connectivity index (χ1v) is 7.33. The van der Waals surface area contributed by atoms with E-state index in [1.54, 1.807) is 7.11 Å². The zero-order valence-electron chi connectivity index (χ0n) is 11.2. The minimum absolute atomic E-state index is 0.0264. The molecule has 1 aliphatic heterocycles. The van der Waals surface area contributed by atoms with Crippen LogP contribution < -0.4 is 15.2 Å². The van der Waals surface area contributed by atoms with Gasteiger partial charge in [-0.1, -0.05) is 34.1 Å². The Kier molecular flexibility index (Phi) is 3.68. The molecule has 1 aliphatic rings. The second-order valence-electron chi connectivity index (χ2n) is 4.87. The lowest BCUT2D eigenvalue weighted by atomic mass is 9.93. The number of ether oxygens (including phenoxy) is 2. The van der Waals surface area contributed by atoms with Crippen molar-refractivity contribution < 1.29 is 9.47 Å². The average molecular weight is 334 g/mol. The van der Waals surface area contributed by atoms with Crippen molar-refractivity contribution >= 4 is 15.9 Å². The highest BCUT2D eigenvalue weighted by atomic mass is 79.9. The van der Waals surface area contributed by atoms with Crippen LogP contribution in [0, 0.1) is 0 Å². The predicted molar refractivity (Wildman–Crippen MR) is 82.1 cm³/mol. The van der Waals surface area contributed by atoms with Gasteiger partial charge in [-0.3, -0.25) is 0 Å². The summed E-state index contributed by atoms with van der Waals surface area (Å²) in [4.78, 5) is 0. The monoisotopic (exact) mass is 333 g/mol. The maximum absolute atomic E-state index is 6.30. The highest BCUT2D eigenvalue weighted by molar-refractivity contribution is 9.10. The normalized spacial score (nSPS) is 20.9. The fraction of sp³-hybridized carbons (Fsp3) is 0.250. The zero-order chi connectivity index (χ0) is 14.1. The number of hydrogen-bond donors (Lipinski definition) is 1. The third-order valence-electron chi connectivity index (χ3n) is 3.61. The molecule has 0 saturated heterocycles. The number of benzene rings is 2. The van der Waals surface area contributed by atoms with Gasteiger partial charge in [0.05, 0.1) is 7.11 Å². The van der Waals surface area contributed by atoms with E-state index < -0.39 is 0 Å². The lowest BCUT2D eigenvalue weighted by Crippen LogP contribution is -2.24. The van der Waals surface area contributed by atoms with E-state index in [0.717, 1.165) is 33.5 Å². The molecule has 2 unspecified atom stereocenters. The molecule has 0 saturated carbocycles. The maximum atomic E-state index is 6.30.